The highest BCUT2D eigenvalue weighted by Gasteiger charge is 2.21. The first-order chi connectivity index (χ1) is 13.6. The molecule has 2 aromatic rings. The predicted octanol–water partition coefficient (Wildman–Crippen LogP) is 3.45. The van der Waals surface area contributed by atoms with Crippen molar-refractivity contribution in [1.29, 1.82) is 0 Å². The number of amides is 1. The molecule has 1 fully saturated rings. The lowest BCUT2D eigenvalue weighted by Gasteiger charge is -2.34. The summed E-state index contributed by atoms with van der Waals surface area (Å²) in [5, 5.41) is 3.31. The topological polar surface area (TPSA) is 51.7 Å². The van der Waals surface area contributed by atoms with Gasteiger partial charge in [0.15, 0.2) is 0 Å². The zero-order valence-electron chi connectivity index (χ0n) is 17.2. The molecule has 0 bridgehead atoms. The second-order valence-corrected chi connectivity index (χ2v) is 7.00. The van der Waals surface area contributed by atoms with Crippen LogP contribution in [-0.2, 0) is 0 Å². The Hall–Kier alpha value is -2.60. The fraction of sp³-hybridized carbons (Fsp3) is 0.455. The molecular weight excluding hydrogens is 350 g/mol. The number of hydrogen-bond donors (Lipinski definition) is 1. The van der Waals surface area contributed by atoms with E-state index in [1.54, 1.807) is 12.3 Å². The minimum absolute atomic E-state index is 0.0816. The van der Waals surface area contributed by atoms with E-state index in [9.17, 15) is 4.79 Å². The van der Waals surface area contributed by atoms with Gasteiger partial charge in [-0.1, -0.05) is 6.92 Å². The standard InChI is InChI=1S/C22H31N5O/c1-4-25-13-15-27(16-14-25)22(28)18-11-12-23-21(17-18)24-19-7-9-20(10-8-19)26(5-2)6-3/h7-12,17H,4-6,13-16H2,1-3H3,(H,23,24). The highest BCUT2D eigenvalue weighted by molar-refractivity contribution is 5.95. The number of rotatable bonds is 7. The van der Waals surface area contributed by atoms with Gasteiger partial charge in [-0.15, -0.1) is 0 Å². The zero-order chi connectivity index (χ0) is 19.9. The summed E-state index contributed by atoms with van der Waals surface area (Å²) in [6.45, 7) is 12.9. The molecule has 1 aromatic heterocycles. The Morgan fingerprint density at radius 3 is 2.32 bits per heavy atom. The number of carbonyl (C=O) groups excluding carboxylic acids is 1. The van der Waals surface area contributed by atoms with Gasteiger partial charge < -0.3 is 20.0 Å². The van der Waals surface area contributed by atoms with E-state index in [4.69, 9.17) is 0 Å². The minimum atomic E-state index is 0.0816. The van der Waals surface area contributed by atoms with Crippen molar-refractivity contribution >= 4 is 23.1 Å². The van der Waals surface area contributed by atoms with Crippen LogP contribution in [0.1, 0.15) is 31.1 Å². The van der Waals surface area contributed by atoms with Gasteiger partial charge in [-0.2, -0.15) is 0 Å². The Kier molecular flexibility index (Phi) is 6.87. The molecular formula is C22H31N5O. The lowest BCUT2D eigenvalue weighted by atomic mass is 10.2. The summed E-state index contributed by atoms with van der Waals surface area (Å²) in [6, 6.07) is 12.0. The highest BCUT2D eigenvalue weighted by atomic mass is 16.2. The van der Waals surface area contributed by atoms with Crippen molar-refractivity contribution in [3.05, 3.63) is 48.2 Å². The molecule has 0 radical (unpaired) electrons. The molecule has 1 aromatic carbocycles. The van der Waals surface area contributed by atoms with Crippen LogP contribution < -0.4 is 10.2 Å². The predicted molar refractivity (Wildman–Crippen MR) is 116 cm³/mol. The fourth-order valence-corrected chi connectivity index (χ4v) is 3.57. The van der Waals surface area contributed by atoms with Crippen molar-refractivity contribution < 1.29 is 4.79 Å². The molecule has 2 heterocycles. The van der Waals surface area contributed by atoms with Crippen molar-refractivity contribution in [1.82, 2.24) is 14.8 Å². The van der Waals surface area contributed by atoms with E-state index in [-0.39, 0.29) is 5.91 Å². The van der Waals surface area contributed by atoms with Gasteiger partial charge in [0, 0.05) is 62.4 Å². The van der Waals surface area contributed by atoms with E-state index < -0.39 is 0 Å². The van der Waals surface area contributed by atoms with Gasteiger partial charge in [-0.3, -0.25) is 4.79 Å². The van der Waals surface area contributed by atoms with E-state index in [0.717, 1.165) is 51.5 Å². The van der Waals surface area contributed by atoms with E-state index in [0.29, 0.717) is 11.4 Å². The summed E-state index contributed by atoms with van der Waals surface area (Å²) in [5.74, 6) is 0.770. The van der Waals surface area contributed by atoms with Crippen LogP contribution in [0.4, 0.5) is 17.2 Å². The number of likely N-dealkylation sites (N-methyl/N-ethyl adjacent to an activating group) is 1. The van der Waals surface area contributed by atoms with Crippen molar-refractivity contribution in [2.24, 2.45) is 0 Å². The molecule has 1 N–H and O–H groups in total. The van der Waals surface area contributed by atoms with E-state index in [2.05, 4.69) is 53.0 Å². The van der Waals surface area contributed by atoms with Crippen molar-refractivity contribution in [2.45, 2.75) is 20.8 Å². The molecule has 1 aliphatic heterocycles. The Morgan fingerprint density at radius 2 is 1.71 bits per heavy atom. The third-order valence-corrected chi connectivity index (χ3v) is 5.38. The first-order valence-electron chi connectivity index (χ1n) is 10.2. The number of nitrogens with zero attached hydrogens (tertiary/aromatic N) is 4. The molecule has 150 valence electrons. The summed E-state index contributed by atoms with van der Waals surface area (Å²) < 4.78 is 0. The second kappa shape index (κ2) is 9.55. The maximum Gasteiger partial charge on any atom is 0.254 e. The molecule has 3 rings (SSSR count). The summed E-state index contributed by atoms with van der Waals surface area (Å²) >= 11 is 0. The highest BCUT2D eigenvalue weighted by Crippen LogP contribution is 2.21. The Morgan fingerprint density at radius 1 is 1.04 bits per heavy atom. The third-order valence-electron chi connectivity index (χ3n) is 5.38. The van der Waals surface area contributed by atoms with Crippen molar-refractivity contribution in [2.75, 3.05) is 56.0 Å². The third kappa shape index (κ3) is 4.81. The van der Waals surface area contributed by atoms with Gasteiger partial charge in [0.05, 0.1) is 0 Å². The largest absolute Gasteiger partial charge is 0.372 e. The molecule has 6 nitrogen and oxygen atoms in total. The Bertz CT molecular complexity index is 765. The quantitative estimate of drug-likeness (QED) is 0.796. The van der Waals surface area contributed by atoms with Crippen LogP contribution in [0.5, 0.6) is 0 Å². The molecule has 1 saturated heterocycles. The summed E-state index contributed by atoms with van der Waals surface area (Å²) in [5.41, 5.74) is 2.85. The van der Waals surface area contributed by atoms with Gasteiger partial charge >= 0.3 is 0 Å². The number of carbonyl (C=O) groups is 1. The number of benzene rings is 1. The average Bonchev–Trinajstić information content (AvgIpc) is 2.75. The fourth-order valence-electron chi connectivity index (χ4n) is 3.57. The SMILES string of the molecule is CCN1CCN(C(=O)c2ccnc(Nc3ccc(N(CC)CC)cc3)c2)CC1. The summed E-state index contributed by atoms with van der Waals surface area (Å²) in [7, 11) is 0. The molecule has 1 amide bonds. The Balaban J connectivity index is 1.65. The molecule has 0 spiro atoms. The van der Waals surface area contributed by atoms with Crippen LogP contribution in [0.2, 0.25) is 0 Å². The van der Waals surface area contributed by atoms with Crippen molar-refractivity contribution in [3.8, 4) is 0 Å². The van der Waals surface area contributed by atoms with E-state index >= 15 is 0 Å². The number of aromatic nitrogens is 1. The molecule has 6 heteroatoms. The Labute approximate surface area is 168 Å². The smallest absolute Gasteiger partial charge is 0.254 e. The molecule has 0 atom stereocenters. The first-order valence-corrected chi connectivity index (χ1v) is 10.2. The number of nitrogens with one attached hydrogen (secondary N) is 1. The maximum absolute atomic E-state index is 12.8. The second-order valence-electron chi connectivity index (χ2n) is 7.00. The number of pyridine rings is 1. The van der Waals surface area contributed by atoms with E-state index in [1.165, 1.54) is 5.69 Å². The van der Waals surface area contributed by atoms with Crippen LogP contribution in [0.15, 0.2) is 42.6 Å². The minimum Gasteiger partial charge on any atom is -0.372 e. The molecule has 0 aliphatic carbocycles. The summed E-state index contributed by atoms with van der Waals surface area (Å²) in [4.78, 5) is 23.8. The summed E-state index contributed by atoms with van der Waals surface area (Å²) in [6.07, 6.45) is 1.70. The number of piperazine rings is 1. The van der Waals surface area contributed by atoms with Gasteiger partial charge in [0.25, 0.3) is 5.91 Å². The average molecular weight is 382 g/mol. The number of anilines is 3. The molecule has 0 saturated carbocycles. The van der Waals surface area contributed by atoms with Gasteiger partial charge in [0.2, 0.25) is 0 Å². The molecule has 0 unspecified atom stereocenters. The van der Waals surface area contributed by atoms with Gasteiger partial charge in [0.1, 0.15) is 5.82 Å². The molecule has 1 aliphatic rings. The van der Waals surface area contributed by atoms with Gasteiger partial charge in [-0.25, -0.2) is 4.98 Å². The normalized spacial score (nSPS) is 14.8. The number of hydrogen-bond acceptors (Lipinski definition) is 5. The van der Waals surface area contributed by atoms with E-state index in [1.807, 2.05) is 23.1 Å². The van der Waals surface area contributed by atoms with Crippen LogP contribution in [0.3, 0.4) is 0 Å². The monoisotopic (exact) mass is 381 g/mol. The maximum atomic E-state index is 12.8. The van der Waals surface area contributed by atoms with Crippen LogP contribution in [0, 0.1) is 0 Å². The van der Waals surface area contributed by atoms with Crippen LogP contribution >= 0.6 is 0 Å². The van der Waals surface area contributed by atoms with Gasteiger partial charge in [-0.05, 0) is 56.8 Å². The van der Waals surface area contributed by atoms with Crippen LogP contribution in [-0.4, -0.2) is 66.5 Å². The first kappa shape index (κ1) is 20.1. The van der Waals surface area contributed by atoms with Crippen molar-refractivity contribution in [3.63, 3.8) is 0 Å². The lowest BCUT2D eigenvalue weighted by Crippen LogP contribution is -2.48. The molecule has 28 heavy (non-hydrogen) atoms. The lowest BCUT2D eigenvalue weighted by molar-refractivity contribution is 0.0643. The van der Waals surface area contributed by atoms with Crippen LogP contribution in [0.25, 0.3) is 0 Å². The zero-order valence-corrected chi connectivity index (χ0v) is 17.2.